The van der Waals surface area contributed by atoms with Gasteiger partial charge in [-0.1, -0.05) is 74.8 Å². The number of methoxy groups -OCH3 is 1. The highest BCUT2D eigenvalue weighted by Crippen LogP contribution is 2.28. The molecule has 3 amide bonds. The molecule has 1 unspecified atom stereocenters. The number of hydrogen-bond acceptors (Lipinski definition) is 5. The first-order chi connectivity index (χ1) is 17.7. The van der Waals surface area contributed by atoms with Crippen molar-refractivity contribution >= 4 is 35.1 Å². The minimum Gasteiger partial charge on any atom is -0.495 e. The Labute approximate surface area is 223 Å². The zero-order valence-electron chi connectivity index (χ0n) is 21.8. The quantitative estimate of drug-likeness (QED) is 0.324. The minimum absolute atomic E-state index is 0.0339. The number of Topliss-reactive ketones (excluding diaryl/α,β-unsaturated/α-hetero) is 1. The lowest BCUT2D eigenvalue weighted by Crippen LogP contribution is -2.54. The smallest absolute Gasteiger partial charge is 0.289 e. The Bertz CT molecular complexity index is 1070. The maximum Gasteiger partial charge on any atom is 0.289 e. The SMILES string of the molecule is CCC(NC(=O)[C@H](CC(C)C)NC(=O)CCc1ccccc1)C(=O)C(=O)NCc1cccc(Cl)c1OC. The molecule has 0 saturated heterocycles. The Kier molecular flexibility index (Phi) is 12.1. The molecule has 2 rings (SSSR count). The van der Waals surface area contributed by atoms with Gasteiger partial charge in [-0.05, 0) is 36.8 Å². The van der Waals surface area contributed by atoms with E-state index in [1.165, 1.54) is 7.11 Å². The third-order valence-corrected chi connectivity index (χ3v) is 6.10. The fourth-order valence-corrected chi connectivity index (χ4v) is 4.11. The average Bonchev–Trinajstić information content (AvgIpc) is 2.88. The first kappa shape index (κ1) is 29.8. The van der Waals surface area contributed by atoms with Crippen molar-refractivity contribution in [3.05, 3.63) is 64.7 Å². The molecule has 0 radical (unpaired) electrons. The topological polar surface area (TPSA) is 114 Å². The van der Waals surface area contributed by atoms with Crippen LogP contribution in [0.4, 0.5) is 0 Å². The largest absolute Gasteiger partial charge is 0.495 e. The summed E-state index contributed by atoms with van der Waals surface area (Å²) >= 11 is 6.11. The Balaban J connectivity index is 1.98. The van der Waals surface area contributed by atoms with E-state index in [1.807, 2.05) is 44.2 Å². The Hall–Kier alpha value is -3.39. The number of carbonyl (C=O) groups is 4. The highest BCUT2D eigenvalue weighted by Gasteiger charge is 2.29. The van der Waals surface area contributed by atoms with Gasteiger partial charge in [0.05, 0.1) is 18.2 Å². The number of rotatable bonds is 14. The van der Waals surface area contributed by atoms with Gasteiger partial charge in [0.1, 0.15) is 11.8 Å². The van der Waals surface area contributed by atoms with E-state index in [-0.39, 0.29) is 31.2 Å². The van der Waals surface area contributed by atoms with Gasteiger partial charge >= 0.3 is 0 Å². The molecular weight excluding hydrogens is 494 g/mol. The summed E-state index contributed by atoms with van der Waals surface area (Å²) in [4.78, 5) is 51.0. The predicted molar refractivity (Wildman–Crippen MR) is 143 cm³/mol. The van der Waals surface area contributed by atoms with Crippen molar-refractivity contribution in [2.45, 2.75) is 65.1 Å². The van der Waals surface area contributed by atoms with Crippen LogP contribution < -0.4 is 20.7 Å². The van der Waals surface area contributed by atoms with E-state index in [2.05, 4.69) is 16.0 Å². The van der Waals surface area contributed by atoms with Gasteiger partial charge in [0, 0.05) is 18.5 Å². The fourth-order valence-electron chi connectivity index (χ4n) is 3.84. The molecule has 200 valence electrons. The molecule has 2 atom stereocenters. The second-order valence-corrected chi connectivity index (χ2v) is 9.59. The summed E-state index contributed by atoms with van der Waals surface area (Å²) in [6, 6.07) is 12.9. The van der Waals surface area contributed by atoms with Crippen LogP contribution in [-0.4, -0.2) is 42.7 Å². The number of hydrogen-bond donors (Lipinski definition) is 3. The van der Waals surface area contributed by atoms with Gasteiger partial charge in [-0.15, -0.1) is 0 Å². The molecular formula is C28H36ClN3O5. The number of nitrogens with one attached hydrogen (secondary N) is 3. The number of ketones is 1. The number of carbonyl (C=O) groups excluding carboxylic acids is 4. The molecule has 0 aliphatic carbocycles. The van der Waals surface area contributed by atoms with Crippen LogP contribution in [0, 0.1) is 5.92 Å². The van der Waals surface area contributed by atoms with E-state index in [0.717, 1.165) is 5.56 Å². The third kappa shape index (κ3) is 9.53. The van der Waals surface area contributed by atoms with E-state index in [1.54, 1.807) is 25.1 Å². The molecule has 0 bridgehead atoms. The van der Waals surface area contributed by atoms with Crippen molar-refractivity contribution in [2.75, 3.05) is 7.11 Å². The molecule has 8 nitrogen and oxygen atoms in total. The molecule has 2 aromatic carbocycles. The van der Waals surface area contributed by atoms with E-state index < -0.39 is 29.7 Å². The Morgan fingerprint density at radius 3 is 2.27 bits per heavy atom. The third-order valence-electron chi connectivity index (χ3n) is 5.80. The molecule has 0 aromatic heterocycles. The zero-order chi connectivity index (χ0) is 27.4. The second kappa shape index (κ2) is 15.0. The summed E-state index contributed by atoms with van der Waals surface area (Å²) in [5.74, 6) is -1.81. The number of aryl methyl sites for hydroxylation is 1. The molecule has 0 fully saturated rings. The van der Waals surface area contributed by atoms with Crippen molar-refractivity contribution in [2.24, 2.45) is 5.92 Å². The van der Waals surface area contributed by atoms with Crippen LogP contribution in [0.5, 0.6) is 5.75 Å². The molecule has 9 heteroatoms. The van der Waals surface area contributed by atoms with E-state index in [4.69, 9.17) is 16.3 Å². The molecule has 37 heavy (non-hydrogen) atoms. The molecule has 0 spiro atoms. The maximum absolute atomic E-state index is 13.0. The first-order valence-electron chi connectivity index (χ1n) is 12.4. The summed E-state index contributed by atoms with van der Waals surface area (Å²) in [7, 11) is 1.47. The van der Waals surface area contributed by atoms with Crippen LogP contribution in [0.1, 0.15) is 51.2 Å². The number of ether oxygens (including phenoxy) is 1. The van der Waals surface area contributed by atoms with Gasteiger partial charge in [0.25, 0.3) is 5.91 Å². The van der Waals surface area contributed by atoms with Crippen molar-refractivity contribution in [3.63, 3.8) is 0 Å². The molecule has 0 heterocycles. The van der Waals surface area contributed by atoms with Gasteiger partial charge in [0.15, 0.2) is 0 Å². The Morgan fingerprint density at radius 1 is 0.946 bits per heavy atom. The van der Waals surface area contributed by atoms with E-state index in [0.29, 0.717) is 29.2 Å². The second-order valence-electron chi connectivity index (χ2n) is 9.18. The number of benzene rings is 2. The van der Waals surface area contributed by atoms with Crippen molar-refractivity contribution < 1.29 is 23.9 Å². The number of halogens is 1. The summed E-state index contributed by atoms with van der Waals surface area (Å²) in [6.07, 6.45) is 1.40. The summed E-state index contributed by atoms with van der Waals surface area (Å²) < 4.78 is 5.26. The molecule has 0 aliphatic rings. The summed E-state index contributed by atoms with van der Waals surface area (Å²) in [5.41, 5.74) is 1.64. The summed E-state index contributed by atoms with van der Waals surface area (Å²) in [6.45, 7) is 5.62. The van der Waals surface area contributed by atoms with Gasteiger partial charge in [-0.2, -0.15) is 0 Å². The van der Waals surface area contributed by atoms with Crippen LogP contribution in [0.3, 0.4) is 0 Å². The van der Waals surface area contributed by atoms with Crippen molar-refractivity contribution in [1.29, 1.82) is 0 Å². The molecule has 0 aliphatic heterocycles. The Morgan fingerprint density at radius 2 is 1.65 bits per heavy atom. The number of para-hydroxylation sites is 1. The lowest BCUT2D eigenvalue weighted by molar-refractivity contribution is -0.140. The highest BCUT2D eigenvalue weighted by atomic mass is 35.5. The van der Waals surface area contributed by atoms with Crippen LogP contribution in [0.15, 0.2) is 48.5 Å². The van der Waals surface area contributed by atoms with Gasteiger partial charge < -0.3 is 20.7 Å². The standard InChI is InChI=1S/C28H36ClN3O5/c1-5-22(25(34)28(36)30-17-20-12-9-13-21(29)26(20)37-4)32-27(35)23(16-18(2)3)31-24(33)15-14-19-10-7-6-8-11-19/h6-13,18,22-23H,5,14-17H2,1-4H3,(H,30,36)(H,31,33)(H,32,35)/t22?,23-/m0/s1. The van der Waals surface area contributed by atoms with Crippen molar-refractivity contribution in [3.8, 4) is 5.75 Å². The molecule has 2 aromatic rings. The summed E-state index contributed by atoms with van der Waals surface area (Å²) in [5, 5.41) is 8.40. The number of amides is 3. The molecule has 0 saturated carbocycles. The van der Waals surface area contributed by atoms with E-state index in [9.17, 15) is 19.2 Å². The zero-order valence-corrected chi connectivity index (χ0v) is 22.6. The highest BCUT2D eigenvalue weighted by molar-refractivity contribution is 6.38. The lowest BCUT2D eigenvalue weighted by Gasteiger charge is -2.23. The maximum atomic E-state index is 13.0. The monoisotopic (exact) mass is 529 g/mol. The van der Waals surface area contributed by atoms with Crippen LogP contribution >= 0.6 is 11.6 Å². The first-order valence-corrected chi connectivity index (χ1v) is 12.8. The van der Waals surface area contributed by atoms with Gasteiger partial charge in [-0.3, -0.25) is 19.2 Å². The van der Waals surface area contributed by atoms with Crippen LogP contribution in [0.2, 0.25) is 5.02 Å². The predicted octanol–water partition coefficient (Wildman–Crippen LogP) is 3.59. The molecule has 3 N–H and O–H groups in total. The minimum atomic E-state index is -1.02. The van der Waals surface area contributed by atoms with Gasteiger partial charge in [0.2, 0.25) is 17.6 Å². The lowest BCUT2D eigenvalue weighted by atomic mass is 10.0. The van der Waals surface area contributed by atoms with Crippen molar-refractivity contribution in [1.82, 2.24) is 16.0 Å². The van der Waals surface area contributed by atoms with Gasteiger partial charge in [-0.25, -0.2) is 0 Å². The average molecular weight is 530 g/mol. The van der Waals surface area contributed by atoms with E-state index >= 15 is 0 Å². The van der Waals surface area contributed by atoms with Crippen LogP contribution in [-0.2, 0) is 32.1 Å². The normalized spacial score (nSPS) is 12.4. The van der Waals surface area contributed by atoms with Crippen LogP contribution in [0.25, 0.3) is 0 Å². The fraction of sp³-hybridized carbons (Fsp3) is 0.429.